The van der Waals surface area contributed by atoms with Crippen LogP contribution in [0, 0.1) is 5.41 Å². The van der Waals surface area contributed by atoms with Gasteiger partial charge in [-0.1, -0.05) is 20.8 Å². The van der Waals surface area contributed by atoms with Gasteiger partial charge in [0.1, 0.15) is 5.82 Å². The molecule has 1 aromatic heterocycles. The largest absolute Gasteiger partial charge is 0.377 e. The topological polar surface area (TPSA) is 41.5 Å². The molecule has 0 radical (unpaired) electrons. The molecule has 0 amide bonds. The smallest absolute Gasteiger partial charge is 0.224 e. The molecular formula is C16H25ClN4O. The molecule has 1 fully saturated rings. The summed E-state index contributed by atoms with van der Waals surface area (Å²) in [4.78, 5) is 13.8. The third-order valence-electron chi connectivity index (χ3n) is 4.14. The lowest BCUT2D eigenvalue weighted by Crippen LogP contribution is -2.44. The maximum absolute atomic E-state index is 6.18. The van der Waals surface area contributed by atoms with Gasteiger partial charge in [0.2, 0.25) is 5.28 Å². The molecule has 2 aliphatic rings. The first kappa shape index (κ1) is 16.0. The molecule has 0 bridgehead atoms. The van der Waals surface area contributed by atoms with Gasteiger partial charge in [0, 0.05) is 31.7 Å². The average Bonchev–Trinajstić information content (AvgIpc) is 2.78. The fraction of sp³-hybridized carbons (Fsp3) is 0.750. The van der Waals surface area contributed by atoms with Gasteiger partial charge in [-0.25, -0.2) is 9.97 Å². The lowest BCUT2D eigenvalue weighted by atomic mass is 9.96. The minimum Gasteiger partial charge on any atom is -0.377 e. The molecule has 3 rings (SSSR count). The minimum absolute atomic E-state index is 0.270. The van der Waals surface area contributed by atoms with Gasteiger partial charge in [-0.3, -0.25) is 4.90 Å². The van der Waals surface area contributed by atoms with Crippen LogP contribution in [0.5, 0.6) is 0 Å². The van der Waals surface area contributed by atoms with Crippen LogP contribution in [0.2, 0.25) is 5.28 Å². The zero-order valence-electron chi connectivity index (χ0n) is 13.9. The Labute approximate surface area is 137 Å². The predicted molar refractivity (Wildman–Crippen MR) is 88.2 cm³/mol. The summed E-state index contributed by atoms with van der Waals surface area (Å²) >= 11 is 6.18. The number of rotatable bonds is 2. The van der Waals surface area contributed by atoms with Crippen LogP contribution < -0.4 is 4.90 Å². The van der Waals surface area contributed by atoms with Crippen LogP contribution >= 0.6 is 11.6 Å². The van der Waals surface area contributed by atoms with Crippen LogP contribution in [0.25, 0.3) is 0 Å². The van der Waals surface area contributed by atoms with E-state index < -0.39 is 0 Å². The summed E-state index contributed by atoms with van der Waals surface area (Å²) in [5, 5.41) is 0.352. The van der Waals surface area contributed by atoms with Crippen molar-refractivity contribution < 1.29 is 4.74 Å². The van der Waals surface area contributed by atoms with E-state index in [2.05, 4.69) is 47.5 Å². The molecule has 0 aliphatic carbocycles. The van der Waals surface area contributed by atoms with Gasteiger partial charge in [-0.2, -0.15) is 0 Å². The molecule has 3 heterocycles. The van der Waals surface area contributed by atoms with E-state index >= 15 is 0 Å². The number of morpholine rings is 1. The molecule has 2 aliphatic heterocycles. The molecule has 1 aromatic rings. The van der Waals surface area contributed by atoms with Gasteiger partial charge >= 0.3 is 0 Å². The normalized spacial score (nSPS) is 23.0. The Morgan fingerprint density at radius 2 is 2.05 bits per heavy atom. The highest BCUT2D eigenvalue weighted by atomic mass is 35.5. The van der Waals surface area contributed by atoms with Gasteiger partial charge in [-0.15, -0.1) is 0 Å². The number of aromatic nitrogens is 2. The number of halogens is 1. The van der Waals surface area contributed by atoms with E-state index in [1.165, 1.54) is 5.56 Å². The molecule has 1 saturated heterocycles. The Kier molecular flexibility index (Phi) is 4.32. The van der Waals surface area contributed by atoms with Crippen molar-refractivity contribution in [3.8, 4) is 0 Å². The highest BCUT2D eigenvalue weighted by Crippen LogP contribution is 2.33. The number of fused-ring (bicyclic) bond motifs is 1. The Balaban J connectivity index is 1.88. The summed E-state index contributed by atoms with van der Waals surface area (Å²) in [5.41, 5.74) is 2.59. The van der Waals surface area contributed by atoms with Crippen molar-refractivity contribution in [3.05, 3.63) is 16.5 Å². The van der Waals surface area contributed by atoms with Crippen LogP contribution in [-0.4, -0.2) is 47.2 Å². The summed E-state index contributed by atoms with van der Waals surface area (Å²) in [6, 6.07) is 0.320. The predicted octanol–water partition coefficient (Wildman–Crippen LogP) is 2.72. The van der Waals surface area contributed by atoms with E-state index in [1.54, 1.807) is 0 Å². The number of hydrogen-bond acceptors (Lipinski definition) is 5. The number of nitrogens with zero attached hydrogens (tertiary/aromatic N) is 4. The van der Waals surface area contributed by atoms with E-state index in [-0.39, 0.29) is 5.41 Å². The van der Waals surface area contributed by atoms with Gasteiger partial charge in [-0.05, 0) is 23.9 Å². The maximum atomic E-state index is 6.18. The maximum Gasteiger partial charge on any atom is 0.224 e. The summed E-state index contributed by atoms with van der Waals surface area (Å²) in [7, 11) is 0. The Hall–Kier alpha value is -0.910. The van der Waals surface area contributed by atoms with E-state index in [9.17, 15) is 0 Å². The monoisotopic (exact) mass is 324 g/mol. The first-order chi connectivity index (χ1) is 10.3. The second-order valence-electron chi connectivity index (χ2n) is 7.56. The minimum atomic E-state index is 0.270. The second-order valence-corrected chi connectivity index (χ2v) is 7.90. The van der Waals surface area contributed by atoms with E-state index in [0.717, 1.165) is 50.9 Å². The molecule has 0 N–H and O–H groups in total. The van der Waals surface area contributed by atoms with Crippen molar-refractivity contribution in [2.24, 2.45) is 5.41 Å². The Bertz CT molecular complexity index is 558. The summed E-state index contributed by atoms with van der Waals surface area (Å²) < 4.78 is 5.54. The van der Waals surface area contributed by atoms with Gasteiger partial charge in [0.05, 0.1) is 24.9 Å². The second kappa shape index (κ2) is 5.95. The third-order valence-corrected chi connectivity index (χ3v) is 4.31. The lowest BCUT2D eigenvalue weighted by Gasteiger charge is -2.35. The summed E-state index contributed by atoms with van der Waals surface area (Å²) in [6.07, 6.45) is 0. The molecule has 5 nitrogen and oxygen atoms in total. The molecule has 0 aromatic carbocycles. The van der Waals surface area contributed by atoms with E-state index in [0.29, 0.717) is 11.3 Å². The third kappa shape index (κ3) is 3.36. The van der Waals surface area contributed by atoms with Gasteiger partial charge in [0.15, 0.2) is 0 Å². The van der Waals surface area contributed by atoms with Crippen molar-refractivity contribution in [3.63, 3.8) is 0 Å². The SMILES string of the molecule is CC1COCCN1c1nc(Cl)nc2c1CN(CC(C)(C)C)C2. The Morgan fingerprint density at radius 1 is 1.27 bits per heavy atom. The molecular weight excluding hydrogens is 300 g/mol. The zero-order valence-corrected chi connectivity index (χ0v) is 14.7. The quantitative estimate of drug-likeness (QED) is 0.782. The van der Waals surface area contributed by atoms with E-state index in [4.69, 9.17) is 16.3 Å². The van der Waals surface area contributed by atoms with Crippen molar-refractivity contribution in [1.82, 2.24) is 14.9 Å². The number of hydrogen-bond donors (Lipinski definition) is 0. The molecule has 6 heteroatoms. The van der Waals surface area contributed by atoms with Crippen LogP contribution in [-0.2, 0) is 17.8 Å². The first-order valence-electron chi connectivity index (χ1n) is 7.95. The highest BCUT2D eigenvalue weighted by Gasteiger charge is 2.31. The standard InChI is InChI=1S/C16H25ClN4O/c1-11-9-22-6-5-21(11)14-12-7-20(10-16(2,3)4)8-13(12)18-15(17)19-14/h11H,5-10H2,1-4H3. The molecule has 1 atom stereocenters. The molecule has 122 valence electrons. The van der Waals surface area contributed by atoms with Crippen LogP contribution in [0.15, 0.2) is 0 Å². The van der Waals surface area contributed by atoms with Crippen LogP contribution in [0.4, 0.5) is 5.82 Å². The lowest BCUT2D eigenvalue weighted by molar-refractivity contribution is 0.0983. The van der Waals surface area contributed by atoms with E-state index in [1.807, 2.05) is 0 Å². The first-order valence-corrected chi connectivity index (χ1v) is 8.33. The zero-order chi connectivity index (χ0) is 15.9. The molecule has 1 unspecified atom stereocenters. The molecule has 0 saturated carbocycles. The summed E-state index contributed by atoms with van der Waals surface area (Å²) in [5.74, 6) is 1.00. The molecule has 22 heavy (non-hydrogen) atoms. The highest BCUT2D eigenvalue weighted by molar-refractivity contribution is 6.28. The van der Waals surface area contributed by atoms with Crippen molar-refractivity contribution in [2.75, 3.05) is 31.2 Å². The fourth-order valence-electron chi connectivity index (χ4n) is 3.33. The summed E-state index contributed by atoms with van der Waals surface area (Å²) in [6.45, 7) is 14.1. The van der Waals surface area contributed by atoms with Crippen LogP contribution in [0.3, 0.4) is 0 Å². The van der Waals surface area contributed by atoms with Gasteiger partial charge < -0.3 is 9.64 Å². The van der Waals surface area contributed by atoms with Crippen molar-refractivity contribution in [1.29, 1.82) is 0 Å². The van der Waals surface area contributed by atoms with Crippen LogP contribution in [0.1, 0.15) is 39.0 Å². The van der Waals surface area contributed by atoms with Crippen molar-refractivity contribution in [2.45, 2.75) is 46.8 Å². The average molecular weight is 325 g/mol. The Morgan fingerprint density at radius 3 is 2.73 bits per heavy atom. The fourth-order valence-corrected chi connectivity index (χ4v) is 3.52. The van der Waals surface area contributed by atoms with Gasteiger partial charge in [0.25, 0.3) is 0 Å². The molecule has 0 spiro atoms. The van der Waals surface area contributed by atoms with Crippen molar-refractivity contribution >= 4 is 17.4 Å². The number of anilines is 1. The number of ether oxygens (including phenoxy) is 1.